The fourth-order valence-corrected chi connectivity index (χ4v) is 9.06. The van der Waals surface area contributed by atoms with Gasteiger partial charge >= 0.3 is 0 Å². The second-order valence-electron chi connectivity index (χ2n) is 6.32. The van der Waals surface area contributed by atoms with Gasteiger partial charge < -0.3 is 0 Å². The van der Waals surface area contributed by atoms with Crippen molar-refractivity contribution in [2.45, 2.75) is 79.4 Å². The third-order valence-electron chi connectivity index (χ3n) is 4.81. The third-order valence-corrected chi connectivity index (χ3v) is 10.5. The molecule has 2 fully saturated rings. The van der Waals surface area contributed by atoms with Gasteiger partial charge in [-0.15, -0.1) is 0 Å². The van der Waals surface area contributed by atoms with Crippen molar-refractivity contribution in [1.29, 1.82) is 0 Å². The first-order chi connectivity index (χ1) is 10.4. The first-order valence-corrected chi connectivity index (χ1v) is 11.4. The predicted octanol–water partition coefficient (Wildman–Crippen LogP) is 2.85. The normalized spacial score (nSPS) is 23.4. The van der Waals surface area contributed by atoms with Crippen molar-refractivity contribution in [3.8, 4) is 0 Å². The number of azo groups is 1. The van der Waals surface area contributed by atoms with E-state index < -0.39 is 34.9 Å². The molecular formula is C14H26N2O4S2. The molecule has 2 saturated carbocycles. The molecule has 0 atom stereocenters. The van der Waals surface area contributed by atoms with Crippen LogP contribution in [0.15, 0.2) is 10.2 Å². The average Bonchev–Trinajstić information content (AvgIpc) is 2.54. The summed E-state index contributed by atoms with van der Waals surface area (Å²) in [5, 5.41) is 6.02. The molecule has 0 spiro atoms. The van der Waals surface area contributed by atoms with Crippen molar-refractivity contribution in [3.63, 3.8) is 0 Å². The van der Waals surface area contributed by atoms with Crippen LogP contribution in [0.3, 0.4) is 0 Å². The van der Waals surface area contributed by atoms with E-state index in [4.69, 9.17) is 0 Å². The first-order valence-electron chi connectivity index (χ1n) is 8.15. The maximum absolute atomic E-state index is 12.8. The molecule has 0 N–H and O–H groups in total. The molecule has 8 heteroatoms. The van der Waals surface area contributed by atoms with Crippen molar-refractivity contribution in [3.05, 3.63) is 0 Å². The van der Waals surface area contributed by atoms with Gasteiger partial charge in [0.05, 0.1) is 10.5 Å². The summed E-state index contributed by atoms with van der Waals surface area (Å²) in [5.41, 5.74) is 0. The van der Waals surface area contributed by atoms with Gasteiger partial charge in [0.15, 0.2) is 19.7 Å². The molecule has 0 heterocycles. The van der Waals surface area contributed by atoms with Gasteiger partial charge in [-0.25, -0.2) is 16.8 Å². The molecule has 0 radical (unpaired) electrons. The van der Waals surface area contributed by atoms with Gasteiger partial charge in [0, 0.05) is 7.05 Å². The Kier molecular flexibility index (Phi) is 5.99. The fourth-order valence-electron chi connectivity index (χ4n) is 3.53. The quantitative estimate of drug-likeness (QED) is 0.713. The monoisotopic (exact) mass is 350 g/mol. The van der Waals surface area contributed by atoms with Gasteiger partial charge in [0.2, 0.25) is 0 Å². The average molecular weight is 351 g/mol. The number of sulfone groups is 2. The Bertz CT molecular complexity index is 538. The van der Waals surface area contributed by atoms with Crippen LogP contribution in [-0.2, 0) is 19.7 Å². The lowest BCUT2D eigenvalue weighted by atomic mass is 10.0. The summed E-state index contributed by atoms with van der Waals surface area (Å²) in [6, 6.07) is 0. The van der Waals surface area contributed by atoms with Crippen LogP contribution in [0.1, 0.15) is 64.2 Å². The molecule has 0 amide bonds. The molecular weight excluding hydrogens is 324 g/mol. The highest BCUT2D eigenvalue weighted by atomic mass is 32.3. The molecule has 22 heavy (non-hydrogen) atoms. The zero-order valence-electron chi connectivity index (χ0n) is 13.1. The van der Waals surface area contributed by atoms with Gasteiger partial charge in [-0.3, -0.25) is 0 Å². The Labute approximate surface area is 133 Å². The molecule has 0 aromatic rings. The molecule has 6 nitrogen and oxygen atoms in total. The highest BCUT2D eigenvalue weighted by Crippen LogP contribution is 2.33. The molecule has 0 aliphatic heterocycles. The summed E-state index contributed by atoms with van der Waals surface area (Å²) in [4.78, 5) is 0. The SMILES string of the molecule is CN=NC(S(=O)(=O)C1CCCCC1)S(=O)(=O)C1CCCCC1. The topological polar surface area (TPSA) is 93.0 Å². The zero-order chi connectivity index (χ0) is 16.2. The summed E-state index contributed by atoms with van der Waals surface area (Å²) >= 11 is 0. The van der Waals surface area contributed by atoms with E-state index in [9.17, 15) is 16.8 Å². The highest BCUT2D eigenvalue weighted by Gasteiger charge is 2.46. The maximum Gasteiger partial charge on any atom is 0.271 e. The first kappa shape index (κ1) is 17.8. The Morgan fingerprint density at radius 3 is 1.41 bits per heavy atom. The van der Waals surface area contributed by atoms with E-state index in [1.807, 2.05) is 0 Å². The Morgan fingerprint density at radius 2 is 1.09 bits per heavy atom. The number of rotatable bonds is 5. The Hall–Kier alpha value is -0.500. The Balaban J connectivity index is 2.31. The Morgan fingerprint density at radius 1 is 0.727 bits per heavy atom. The zero-order valence-corrected chi connectivity index (χ0v) is 14.8. The van der Waals surface area contributed by atoms with Crippen molar-refractivity contribution >= 4 is 19.7 Å². The van der Waals surface area contributed by atoms with Gasteiger partial charge in [-0.05, 0) is 25.7 Å². The van der Waals surface area contributed by atoms with Crippen LogP contribution in [0.2, 0.25) is 0 Å². The minimum atomic E-state index is -3.84. The van der Waals surface area contributed by atoms with E-state index in [-0.39, 0.29) is 0 Å². The fraction of sp³-hybridized carbons (Fsp3) is 1.00. The molecule has 0 saturated heterocycles. The van der Waals surface area contributed by atoms with Crippen LogP contribution in [-0.4, -0.2) is 39.1 Å². The lowest BCUT2D eigenvalue weighted by Crippen LogP contribution is -2.42. The van der Waals surface area contributed by atoms with Crippen LogP contribution in [0, 0.1) is 0 Å². The second kappa shape index (κ2) is 7.38. The standard InChI is InChI=1S/C14H26N2O4S2/c1-15-16-14(21(17,18)12-8-4-2-5-9-12)22(19,20)13-10-6-3-7-11-13/h12-14H,2-11H2,1H3. The molecule has 128 valence electrons. The molecule has 0 unspecified atom stereocenters. The maximum atomic E-state index is 12.8. The number of hydrogen-bond acceptors (Lipinski definition) is 6. The van der Waals surface area contributed by atoms with Crippen molar-refractivity contribution in [1.82, 2.24) is 0 Å². The predicted molar refractivity (Wildman–Crippen MR) is 86.2 cm³/mol. The van der Waals surface area contributed by atoms with E-state index in [2.05, 4.69) is 10.2 Å². The van der Waals surface area contributed by atoms with E-state index in [0.29, 0.717) is 25.7 Å². The summed E-state index contributed by atoms with van der Waals surface area (Å²) in [7, 11) is -6.35. The molecule has 2 aliphatic carbocycles. The van der Waals surface area contributed by atoms with Gasteiger partial charge in [0.1, 0.15) is 0 Å². The van der Waals surface area contributed by atoms with Crippen LogP contribution < -0.4 is 0 Å². The van der Waals surface area contributed by atoms with Crippen LogP contribution in [0.4, 0.5) is 0 Å². The molecule has 0 aromatic heterocycles. The molecule has 0 aromatic carbocycles. The summed E-state index contributed by atoms with van der Waals surface area (Å²) in [6.07, 6.45) is 7.54. The van der Waals surface area contributed by atoms with Crippen molar-refractivity contribution < 1.29 is 16.8 Å². The smallest absolute Gasteiger partial charge is 0.225 e. The summed E-state index contributed by atoms with van der Waals surface area (Å²) in [5.74, 6) is 0. The van der Waals surface area contributed by atoms with E-state index in [1.54, 1.807) is 0 Å². The lowest BCUT2D eigenvalue weighted by molar-refractivity contribution is 0.471. The van der Waals surface area contributed by atoms with Crippen LogP contribution in [0.5, 0.6) is 0 Å². The van der Waals surface area contributed by atoms with E-state index in [1.165, 1.54) is 7.05 Å². The molecule has 0 bridgehead atoms. The largest absolute Gasteiger partial charge is 0.271 e. The molecule has 2 rings (SSSR count). The van der Waals surface area contributed by atoms with Crippen LogP contribution >= 0.6 is 0 Å². The van der Waals surface area contributed by atoms with Gasteiger partial charge in [-0.1, -0.05) is 38.5 Å². The second-order valence-corrected chi connectivity index (χ2v) is 11.2. The molecule has 2 aliphatic rings. The van der Waals surface area contributed by atoms with E-state index in [0.717, 1.165) is 38.5 Å². The third kappa shape index (κ3) is 3.69. The summed E-state index contributed by atoms with van der Waals surface area (Å²) in [6.45, 7) is 0. The lowest BCUT2D eigenvalue weighted by Gasteiger charge is -2.28. The minimum absolute atomic E-state index is 0.540. The highest BCUT2D eigenvalue weighted by molar-refractivity contribution is 8.09. The van der Waals surface area contributed by atoms with Gasteiger partial charge in [-0.2, -0.15) is 10.2 Å². The van der Waals surface area contributed by atoms with Crippen molar-refractivity contribution in [2.75, 3.05) is 7.05 Å². The number of hydrogen-bond donors (Lipinski definition) is 0. The van der Waals surface area contributed by atoms with Gasteiger partial charge in [0.25, 0.3) is 4.71 Å². The van der Waals surface area contributed by atoms with Crippen LogP contribution in [0.25, 0.3) is 0 Å². The summed E-state index contributed by atoms with van der Waals surface area (Å²) < 4.78 is 49.6. The van der Waals surface area contributed by atoms with Crippen molar-refractivity contribution in [2.24, 2.45) is 10.2 Å². The minimum Gasteiger partial charge on any atom is -0.225 e. The number of nitrogens with zero attached hydrogens (tertiary/aromatic N) is 2. The van der Waals surface area contributed by atoms with E-state index >= 15 is 0 Å².